The Labute approximate surface area is 148 Å². The zero-order chi connectivity index (χ0) is 19.7. The van der Waals surface area contributed by atoms with Crippen LogP contribution >= 0.6 is 0 Å². The number of amides is 3. The van der Waals surface area contributed by atoms with Crippen LogP contribution < -0.4 is 21.7 Å². The number of H-pyrrole nitrogens is 1. The van der Waals surface area contributed by atoms with E-state index in [9.17, 15) is 24.3 Å². The summed E-state index contributed by atoms with van der Waals surface area (Å²) in [4.78, 5) is 53.1. The number of aliphatic hydroxyl groups is 1. The number of nitrogens with zero attached hydrogens (tertiary/aromatic N) is 1. The molecular formula is C14H22N6O6. The summed E-state index contributed by atoms with van der Waals surface area (Å²) >= 11 is 0. The van der Waals surface area contributed by atoms with Crippen molar-refractivity contribution >= 4 is 23.7 Å². The second kappa shape index (κ2) is 10.1. The quantitative estimate of drug-likeness (QED) is 0.219. The van der Waals surface area contributed by atoms with E-state index in [1.54, 1.807) is 0 Å². The van der Waals surface area contributed by atoms with Gasteiger partial charge in [0, 0.05) is 18.3 Å². The normalized spacial score (nSPS) is 14.0. The molecule has 0 saturated carbocycles. The molecule has 8 N–H and O–H groups in total. The Balaban J connectivity index is 2.62. The number of hydrogen-bond acceptors (Lipinski definition) is 7. The molecule has 26 heavy (non-hydrogen) atoms. The average molecular weight is 370 g/mol. The van der Waals surface area contributed by atoms with Gasteiger partial charge in [-0.25, -0.2) is 9.78 Å². The molecule has 0 aliphatic heterocycles. The third-order valence-electron chi connectivity index (χ3n) is 3.37. The smallest absolute Gasteiger partial charge is 0.326 e. The summed E-state index contributed by atoms with van der Waals surface area (Å²) in [5, 5.41) is 25.1. The third-order valence-corrected chi connectivity index (χ3v) is 3.37. The molecule has 3 atom stereocenters. The van der Waals surface area contributed by atoms with E-state index in [0.717, 1.165) is 0 Å². The van der Waals surface area contributed by atoms with Crippen molar-refractivity contribution < 1.29 is 29.4 Å². The Morgan fingerprint density at radius 1 is 1.19 bits per heavy atom. The number of carbonyl (C=O) groups is 4. The fraction of sp³-hybridized carbons (Fsp3) is 0.500. The van der Waals surface area contributed by atoms with Crippen LogP contribution in [0.15, 0.2) is 12.5 Å². The summed E-state index contributed by atoms with van der Waals surface area (Å²) in [5.41, 5.74) is 5.62. The van der Waals surface area contributed by atoms with E-state index in [-0.39, 0.29) is 13.0 Å². The summed E-state index contributed by atoms with van der Waals surface area (Å²) in [5.74, 6) is -3.46. The monoisotopic (exact) mass is 370 g/mol. The average Bonchev–Trinajstić information content (AvgIpc) is 3.11. The van der Waals surface area contributed by atoms with Gasteiger partial charge in [0.2, 0.25) is 17.7 Å². The highest BCUT2D eigenvalue weighted by atomic mass is 16.4. The van der Waals surface area contributed by atoms with E-state index in [1.165, 1.54) is 19.4 Å². The molecule has 0 spiro atoms. The molecule has 1 aromatic heterocycles. The highest BCUT2D eigenvalue weighted by molar-refractivity contribution is 5.93. The largest absolute Gasteiger partial charge is 0.480 e. The number of aliphatic carboxylic acids is 1. The molecule has 0 aliphatic carbocycles. The summed E-state index contributed by atoms with van der Waals surface area (Å²) in [6, 6.07) is -3.61. The maximum Gasteiger partial charge on any atom is 0.326 e. The van der Waals surface area contributed by atoms with Gasteiger partial charge in [0.05, 0.1) is 19.5 Å². The molecule has 1 heterocycles. The Morgan fingerprint density at radius 2 is 1.88 bits per heavy atom. The lowest BCUT2D eigenvalue weighted by atomic mass is 10.1. The fourth-order valence-corrected chi connectivity index (χ4v) is 1.94. The van der Waals surface area contributed by atoms with E-state index in [1.807, 2.05) is 0 Å². The standard InChI is InChI=1S/C14H22N6O6/c1-7(18-13(24)10(5-21)19-11(22)3-15)12(23)20-9(14(25)26)2-8-4-16-6-17-8/h4,6-7,9-10,21H,2-3,5,15H2,1H3,(H,16,17)(H,18,24)(H,19,22)(H,20,23)(H,25,26). The maximum absolute atomic E-state index is 12.1. The van der Waals surface area contributed by atoms with E-state index in [4.69, 9.17) is 10.8 Å². The number of carbonyl (C=O) groups excluding carboxylic acids is 3. The van der Waals surface area contributed by atoms with Gasteiger partial charge in [-0.2, -0.15) is 0 Å². The lowest BCUT2D eigenvalue weighted by Gasteiger charge is -2.21. The van der Waals surface area contributed by atoms with Gasteiger partial charge < -0.3 is 36.9 Å². The van der Waals surface area contributed by atoms with Gasteiger partial charge in [-0.15, -0.1) is 0 Å². The van der Waals surface area contributed by atoms with Crippen LogP contribution in [0.25, 0.3) is 0 Å². The Morgan fingerprint density at radius 3 is 2.38 bits per heavy atom. The Kier molecular flexibility index (Phi) is 8.18. The van der Waals surface area contributed by atoms with Gasteiger partial charge in [0.15, 0.2) is 0 Å². The SMILES string of the molecule is CC(NC(=O)C(CO)NC(=O)CN)C(=O)NC(Cc1cnc[nH]1)C(=O)O. The van der Waals surface area contributed by atoms with Crippen LogP contribution in [0.5, 0.6) is 0 Å². The van der Waals surface area contributed by atoms with Gasteiger partial charge in [-0.3, -0.25) is 14.4 Å². The molecule has 12 nitrogen and oxygen atoms in total. The van der Waals surface area contributed by atoms with Gasteiger partial charge in [-0.05, 0) is 6.92 Å². The molecule has 0 aliphatic rings. The van der Waals surface area contributed by atoms with E-state index >= 15 is 0 Å². The van der Waals surface area contributed by atoms with Crippen LogP contribution in [0.1, 0.15) is 12.6 Å². The minimum Gasteiger partial charge on any atom is -0.480 e. The zero-order valence-corrected chi connectivity index (χ0v) is 14.1. The number of imidazole rings is 1. The number of rotatable bonds is 10. The number of carboxylic acids is 1. The molecule has 0 saturated heterocycles. The lowest BCUT2D eigenvalue weighted by Crippen LogP contribution is -2.56. The number of aliphatic hydroxyl groups excluding tert-OH is 1. The van der Waals surface area contributed by atoms with Crippen molar-refractivity contribution in [1.82, 2.24) is 25.9 Å². The predicted octanol–water partition coefficient (Wildman–Crippen LogP) is -3.54. The highest BCUT2D eigenvalue weighted by Crippen LogP contribution is 2.00. The number of hydrogen-bond donors (Lipinski definition) is 7. The number of carboxylic acid groups (broad SMARTS) is 1. The van der Waals surface area contributed by atoms with E-state index in [0.29, 0.717) is 5.69 Å². The first-order valence-corrected chi connectivity index (χ1v) is 7.69. The summed E-state index contributed by atoms with van der Waals surface area (Å²) in [6.07, 6.45) is 2.79. The number of nitrogens with one attached hydrogen (secondary N) is 4. The lowest BCUT2D eigenvalue weighted by molar-refractivity contribution is -0.142. The van der Waals surface area contributed by atoms with Crippen molar-refractivity contribution in [1.29, 1.82) is 0 Å². The molecule has 0 bridgehead atoms. The van der Waals surface area contributed by atoms with E-state index in [2.05, 4.69) is 25.9 Å². The fourth-order valence-electron chi connectivity index (χ4n) is 1.94. The molecule has 12 heteroatoms. The summed E-state index contributed by atoms with van der Waals surface area (Å²) in [6.45, 7) is 0.277. The van der Waals surface area contributed by atoms with Crippen molar-refractivity contribution in [3.63, 3.8) is 0 Å². The van der Waals surface area contributed by atoms with Crippen LogP contribution in [0.3, 0.4) is 0 Å². The van der Waals surface area contributed by atoms with Crippen molar-refractivity contribution in [2.24, 2.45) is 5.73 Å². The zero-order valence-electron chi connectivity index (χ0n) is 14.1. The minimum atomic E-state index is -1.28. The first-order valence-electron chi connectivity index (χ1n) is 7.69. The molecule has 0 aromatic carbocycles. The highest BCUT2D eigenvalue weighted by Gasteiger charge is 2.27. The van der Waals surface area contributed by atoms with E-state index < -0.39 is 48.4 Å². The third kappa shape index (κ3) is 6.49. The Bertz CT molecular complexity index is 634. The van der Waals surface area contributed by atoms with Crippen LogP contribution in [0.2, 0.25) is 0 Å². The van der Waals surface area contributed by atoms with Crippen molar-refractivity contribution in [3.05, 3.63) is 18.2 Å². The van der Waals surface area contributed by atoms with Crippen LogP contribution in [-0.2, 0) is 25.6 Å². The molecule has 0 radical (unpaired) electrons. The minimum absolute atomic E-state index is 0.0203. The van der Waals surface area contributed by atoms with Gasteiger partial charge in [0.1, 0.15) is 18.1 Å². The first kappa shape index (κ1) is 21.1. The van der Waals surface area contributed by atoms with Crippen LogP contribution in [-0.4, -0.2) is 75.1 Å². The molecular weight excluding hydrogens is 348 g/mol. The molecule has 3 unspecified atom stereocenters. The summed E-state index contributed by atoms with van der Waals surface area (Å²) in [7, 11) is 0. The summed E-state index contributed by atoms with van der Waals surface area (Å²) < 4.78 is 0. The predicted molar refractivity (Wildman–Crippen MR) is 87.5 cm³/mol. The van der Waals surface area contributed by atoms with Gasteiger partial charge >= 0.3 is 5.97 Å². The molecule has 0 fully saturated rings. The van der Waals surface area contributed by atoms with Gasteiger partial charge in [0.25, 0.3) is 0 Å². The number of aromatic amines is 1. The van der Waals surface area contributed by atoms with Crippen LogP contribution in [0.4, 0.5) is 0 Å². The second-order valence-electron chi connectivity index (χ2n) is 5.42. The molecule has 1 aromatic rings. The second-order valence-corrected chi connectivity index (χ2v) is 5.42. The van der Waals surface area contributed by atoms with Crippen LogP contribution in [0, 0.1) is 0 Å². The molecule has 3 amide bonds. The van der Waals surface area contributed by atoms with Crippen molar-refractivity contribution in [2.75, 3.05) is 13.2 Å². The molecule has 1 rings (SSSR count). The van der Waals surface area contributed by atoms with Gasteiger partial charge in [-0.1, -0.05) is 0 Å². The Hall–Kier alpha value is -2.99. The van der Waals surface area contributed by atoms with Crippen molar-refractivity contribution in [2.45, 2.75) is 31.5 Å². The number of aromatic nitrogens is 2. The maximum atomic E-state index is 12.1. The topological polar surface area (TPSA) is 200 Å². The van der Waals surface area contributed by atoms with Crippen molar-refractivity contribution in [3.8, 4) is 0 Å². The first-order chi connectivity index (χ1) is 12.3. The number of nitrogens with two attached hydrogens (primary N) is 1. The molecule has 144 valence electrons.